The van der Waals surface area contributed by atoms with Crippen LogP contribution >= 0.6 is 15.9 Å². The highest BCUT2D eigenvalue weighted by Gasteiger charge is 2.50. The van der Waals surface area contributed by atoms with E-state index in [4.69, 9.17) is 0 Å². The summed E-state index contributed by atoms with van der Waals surface area (Å²) in [6.45, 7) is 3.43. The summed E-state index contributed by atoms with van der Waals surface area (Å²) in [6, 6.07) is 5.04. The number of hydrogen-bond donors (Lipinski definition) is 0. The molecule has 0 amide bonds. The van der Waals surface area contributed by atoms with Crippen LogP contribution in [0.5, 0.6) is 0 Å². The van der Waals surface area contributed by atoms with Crippen molar-refractivity contribution in [3.05, 3.63) is 46.5 Å². The third-order valence-corrected chi connectivity index (χ3v) is 3.81. The van der Waals surface area contributed by atoms with Gasteiger partial charge >= 0.3 is 6.36 Å². The summed E-state index contributed by atoms with van der Waals surface area (Å²) in [7, 11) is 0. The molecule has 1 unspecified atom stereocenters. The number of aryl methyl sites for hydroxylation is 1. The lowest BCUT2D eigenvalue weighted by atomic mass is 9.77. The van der Waals surface area contributed by atoms with Gasteiger partial charge in [-0.15, -0.1) is 19.8 Å². The highest BCUT2D eigenvalue weighted by molar-refractivity contribution is 9.10. The van der Waals surface area contributed by atoms with Crippen LogP contribution in [-0.2, 0) is 11.2 Å². The van der Waals surface area contributed by atoms with Crippen LogP contribution < -0.4 is 0 Å². The fourth-order valence-electron chi connectivity index (χ4n) is 2.46. The monoisotopic (exact) mass is 348 g/mol. The van der Waals surface area contributed by atoms with Gasteiger partial charge < -0.3 is 0 Å². The molecule has 0 radical (unpaired) electrons. The summed E-state index contributed by atoms with van der Waals surface area (Å²) >= 11 is 3.22. The lowest BCUT2D eigenvalue weighted by molar-refractivity contribution is -0.357. The number of carbonyl (C=O) groups is 1. The first-order chi connectivity index (χ1) is 9.27. The van der Waals surface area contributed by atoms with Crippen molar-refractivity contribution < 1.29 is 22.7 Å². The van der Waals surface area contributed by atoms with Gasteiger partial charge in [0.1, 0.15) is 5.60 Å². The number of Topliss-reactive ketones (excluding diaryl/α,β-unsaturated/α-hetero) is 1. The molecule has 2 nitrogen and oxygen atoms in total. The van der Waals surface area contributed by atoms with Crippen molar-refractivity contribution in [3.63, 3.8) is 0 Å². The lowest BCUT2D eigenvalue weighted by Crippen LogP contribution is -2.48. The van der Waals surface area contributed by atoms with Crippen molar-refractivity contribution in [1.29, 1.82) is 0 Å². The summed E-state index contributed by atoms with van der Waals surface area (Å²) in [5.74, 6) is -0.641. The number of fused-ring (bicyclic) bond motifs is 1. The molecule has 1 aliphatic rings. The van der Waals surface area contributed by atoms with Gasteiger partial charge in [-0.1, -0.05) is 28.1 Å². The first-order valence-corrected chi connectivity index (χ1v) is 6.78. The van der Waals surface area contributed by atoms with E-state index in [0.29, 0.717) is 10.9 Å². The molecule has 0 saturated carbocycles. The molecular formula is C14H12BrF3O2. The maximum atomic E-state index is 12.6. The van der Waals surface area contributed by atoms with Crippen LogP contribution in [-0.4, -0.2) is 17.7 Å². The minimum atomic E-state index is -4.86. The molecule has 0 saturated heterocycles. The normalized spacial score (nSPS) is 22.5. The Balaban J connectivity index is 2.45. The van der Waals surface area contributed by atoms with E-state index in [1.807, 2.05) is 0 Å². The van der Waals surface area contributed by atoms with Crippen molar-refractivity contribution in [2.24, 2.45) is 0 Å². The number of ketones is 1. The Kier molecular flexibility index (Phi) is 4.07. The fourth-order valence-corrected chi connectivity index (χ4v) is 2.82. The van der Waals surface area contributed by atoms with Gasteiger partial charge in [0.15, 0.2) is 5.78 Å². The molecule has 1 atom stereocenters. The zero-order chi connectivity index (χ0) is 15.0. The average molecular weight is 349 g/mol. The van der Waals surface area contributed by atoms with Crippen molar-refractivity contribution in [2.45, 2.75) is 31.2 Å². The number of rotatable bonds is 3. The van der Waals surface area contributed by atoms with E-state index in [2.05, 4.69) is 27.2 Å². The van der Waals surface area contributed by atoms with Crippen LogP contribution in [0.1, 0.15) is 28.8 Å². The highest BCUT2D eigenvalue weighted by atomic mass is 79.9. The average Bonchev–Trinajstić information content (AvgIpc) is 2.33. The molecule has 108 valence electrons. The number of ether oxygens (including phenoxy) is 1. The van der Waals surface area contributed by atoms with E-state index < -0.39 is 17.7 Å². The molecule has 1 aliphatic carbocycles. The molecule has 2 rings (SSSR count). The SMILES string of the molecule is C=CCC1(OC(F)(F)F)CCc2ccc(Br)cc2C1=O. The summed E-state index contributed by atoms with van der Waals surface area (Å²) in [6.07, 6.45) is -3.39. The third-order valence-electron chi connectivity index (χ3n) is 3.31. The molecule has 0 aliphatic heterocycles. The van der Waals surface area contributed by atoms with Gasteiger partial charge in [0.05, 0.1) is 0 Å². The minimum Gasteiger partial charge on any atom is -0.291 e. The molecule has 0 bridgehead atoms. The van der Waals surface area contributed by atoms with Gasteiger partial charge in [-0.25, -0.2) is 0 Å². The Bertz CT molecular complexity index is 554. The van der Waals surface area contributed by atoms with Gasteiger partial charge in [-0.2, -0.15) is 0 Å². The van der Waals surface area contributed by atoms with Gasteiger partial charge in [0, 0.05) is 16.5 Å². The largest absolute Gasteiger partial charge is 0.523 e. The summed E-state index contributed by atoms with van der Waals surface area (Å²) < 4.78 is 42.7. The Hall–Kier alpha value is -1.14. The second kappa shape index (κ2) is 5.33. The van der Waals surface area contributed by atoms with Crippen molar-refractivity contribution in [2.75, 3.05) is 0 Å². The van der Waals surface area contributed by atoms with Crippen LogP contribution in [0.25, 0.3) is 0 Å². The molecule has 0 fully saturated rings. The van der Waals surface area contributed by atoms with Crippen molar-refractivity contribution >= 4 is 21.7 Å². The summed E-state index contributed by atoms with van der Waals surface area (Å²) in [4.78, 5) is 12.5. The molecule has 0 heterocycles. The topological polar surface area (TPSA) is 26.3 Å². The number of alkyl halides is 3. The predicted octanol–water partition coefficient (Wildman–Crippen LogP) is 4.43. The maximum Gasteiger partial charge on any atom is 0.523 e. The molecule has 1 aromatic carbocycles. The van der Waals surface area contributed by atoms with Crippen LogP contribution in [0, 0.1) is 0 Å². The lowest BCUT2D eigenvalue weighted by Gasteiger charge is -2.36. The van der Waals surface area contributed by atoms with Crippen LogP contribution in [0.2, 0.25) is 0 Å². The number of benzene rings is 1. The zero-order valence-electron chi connectivity index (χ0n) is 10.5. The molecule has 0 N–H and O–H groups in total. The number of carbonyl (C=O) groups excluding carboxylic acids is 1. The minimum absolute atomic E-state index is 0.00794. The van der Waals surface area contributed by atoms with Gasteiger partial charge in [0.25, 0.3) is 0 Å². The van der Waals surface area contributed by atoms with Gasteiger partial charge in [0.2, 0.25) is 0 Å². The molecule has 20 heavy (non-hydrogen) atoms. The predicted molar refractivity (Wildman–Crippen MR) is 71.5 cm³/mol. The molecule has 6 heteroatoms. The van der Waals surface area contributed by atoms with E-state index in [9.17, 15) is 18.0 Å². The Morgan fingerprint density at radius 2 is 2.15 bits per heavy atom. The Morgan fingerprint density at radius 1 is 1.45 bits per heavy atom. The van der Waals surface area contributed by atoms with E-state index in [-0.39, 0.29) is 18.4 Å². The highest BCUT2D eigenvalue weighted by Crippen LogP contribution is 2.39. The van der Waals surface area contributed by atoms with E-state index in [1.54, 1.807) is 12.1 Å². The van der Waals surface area contributed by atoms with E-state index in [1.165, 1.54) is 12.1 Å². The third kappa shape index (κ3) is 2.96. The smallest absolute Gasteiger partial charge is 0.291 e. The quantitative estimate of drug-likeness (QED) is 0.755. The second-order valence-corrected chi connectivity index (χ2v) is 5.58. The maximum absolute atomic E-state index is 12.6. The molecule has 0 spiro atoms. The molecular weight excluding hydrogens is 337 g/mol. The number of halogens is 4. The van der Waals surface area contributed by atoms with Gasteiger partial charge in [-0.05, 0) is 30.5 Å². The first kappa shape index (κ1) is 15.3. The summed E-state index contributed by atoms with van der Waals surface area (Å²) in [5.41, 5.74) is -0.881. The first-order valence-electron chi connectivity index (χ1n) is 5.98. The van der Waals surface area contributed by atoms with Gasteiger partial charge in [-0.3, -0.25) is 9.53 Å². The van der Waals surface area contributed by atoms with Crippen molar-refractivity contribution in [1.82, 2.24) is 0 Å². The van der Waals surface area contributed by atoms with E-state index >= 15 is 0 Å². The van der Waals surface area contributed by atoms with Crippen LogP contribution in [0.15, 0.2) is 35.3 Å². The molecule has 0 aromatic heterocycles. The van der Waals surface area contributed by atoms with E-state index in [0.717, 1.165) is 5.56 Å². The Morgan fingerprint density at radius 3 is 2.75 bits per heavy atom. The Labute approximate surface area is 122 Å². The standard InChI is InChI=1S/C14H12BrF3O2/c1-2-6-13(20-14(16,17)18)7-5-9-3-4-10(15)8-11(9)12(13)19/h2-4,8H,1,5-7H2. The number of hydrogen-bond acceptors (Lipinski definition) is 2. The summed E-state index contributed by atoms with van der Waals surface area (Å²) in [5, 5.41) is 0. The van der Waals surface area contributed by atoms with Crippen LogP contribution in [0.4, 0.5) is 13.2 Å². The second-order valence-electron chi connectivity index (χ2n) is 4.67. The van der Waals surface area contributed by atoms with Crippen molar-refractivity contribution in [3.8, 4) is 0 Å². The van der Waals surface area contributed by atoms with Crippen LogP contribution in [0.3, 0.4) is 0 Å². The molecule has 1 aromatic rings. The fraction of sp³-hybridized carbons (Fsp3) is 0.357. The zero-order valence-corrected chi connectivity index (χ0v) is 12.1.